The first kappa shape index (κ1) is 52.0. The predicted molar refractivity (Wildman–Crippen MR) is 215 cm³/mol. The second kappa shape index (κ2) is 27.7. The number of carbonyl (C=O) groups excluding carboxylic acids is 9. The molecule has 1 aliphatic rings. The average molecular weight is 842 g/mol. The van der Waals surface area contributed by atoms with Crippen molar-refractivity contribution in [1.29, 1.82) is 0 Å². The van der Waals surface area contributed by atoms with Gasteiger partial charge >= 0.3 is 0 Å². The van der Waals surface area contributed by atoms with E-state index < -0.39 is 108 Å². The van der Waals surface area contributed by atoms with Crippen LogP contribution in [0.5, 0.6) is 0 Å². The van der Waals surface area contributed by atoms with Gasteiger partial charge in [0.1, 0.15) is 42.3 Å². The highest BCUT2D eigenvalue weighted by Gasteiger charge is 2.34. The summed E-state index contributed by atoms with van der Waals surface area (Å²) in [5, 5.41) is 33.1. The van der Waals surface area contributed by atoms with Crippen molar-refractivity contribution in [1.82, 2.24) is 47.9 Å². The predicted octanol–water partition coefficient (Wildman–Crippen LogP) is -6.36. The minimum absolute atomic E-state index is 0.00315. The van der Waals surface area contributed by atoms with Gasteiger partial charge < -0.3 is 75.9 Å². The number of rotatable bonds is 16. The second-order valence-electron chi connectivity index (χ2n) is 14.7. The van der Waals surface area contributed by atoms with Crippen LogP contribution in [0.15, 0.2) is 0 Å². The Hall–Kier alpha value is -4.97. The smallest absolute Gasteiger partial charge is 0.245 e. The second-order valence-corrected chi connectivity index (χ2v) is 14.7. The molecule has 1 heterocycles. The minimum atomic E-state index is -1.58. The molecule has 336 valence electrons. The molecule has 0 bridgehead atoms. The Bertz CT molecular complexity index is 1430. The van der Waals surface area contributed by atoms with Crippen molar-refractivity contribution in [2.24, 2.45) is 28.9 Å². The van der Waals surface area contributed by atoms with Gasteiger partial charge in [-0.15, -0.1) is 0 Å². The maximum atomic E-state index is 13.8. The first-order valence-electron chi connectivity index (χ1n) is 20.1. The molecular weight excluding hydrogens is 774 g/mol. The van der Waals surface area contributed by atoms with Gasteiger partial charge in [-0.05, 0) is 84.0 Å². The van der Waals surface area contributed by atoms with Gasteiger partial charge in [-0.1, -0.05) is 20.8 Å². The lowest BCUT2D eigenvalue weighted by molar-refractivity contribution is -0.135. The average Bonchev–Trinajstić information content (AvgIpc) is 3.16. The first-order chi connectivity index (χ1) is 27.9. The first-order valence-corrected chi connectivity index (χ1v) is 20.1. The molecule has 0 aromatic carbocycles. The van der Waals surface area contributed by atoms with E-state index in [9.17, 15) is 48.3 Å². The van der Waals surface area contributed by atoms with Crippen molar-refractivity contribution >= 4 is 53.2 Å². The number of carbonyl (C=O) groups is 9. The molecule has 23 nitrogen and oxygen atoms in total. The van der Waals surface area contributed by atoms with Gasteiger partial charge in [-0.2, -0.15) is 0 Å². The molecule has 1 saturated heterocycles. The number of nitrogens with two attached hydrogens (primary N) is 4. The molecule has 9 amide bonds. The molecule has 1 aliphatic heterocycles. The molecule has 59 heavy (non-hydrogen) atoms. The van der Waals surface area contributed by atoms with Gasteiger partial charge in [-0.3, -0.25) is 43.2 Å². The standard InChI is InChI=1S/C36H67N13O10/c1-5-6-27(51)43-22(8-13-38)31(54)48-25-11-16-41-36(59)29(20(4)50)49-34(57)24(10-15-40)46-32(55)23(9-14-39)47-35(58)26(17-19(2)3)44-28(52)18-42-30(53)21(7-12-37)45-33(25)56/h19-26,29,50H,5-18,37-40H2,1-4H3,(H,41,59)(H,42,53)(H,43,51)(H,44,52)(H,45,56)(H,46,55)(H,47,58)(H,48,54)(H,49,57)/t20-,21+,22?,23+,24+,25+,26+,29+/m1/s1. The zero-order valence-electron chi connectivity index (χ0n) is 34.5. The third-order valence-electron chi connectivity index (χ3n) is 9.06. The zero-order chi connectivity index (χ0) is 44.7. The molecule has 1 rings (SSSR count). The highest BCUT2D eigenvalue weighted by molar-refractivity contribution is 5.97. The highest BCUT2D eigenvalue weighted by atomic mass is 16.3. The number of hydrogen-bond acceptors (Lipinski definition) is 14. The molecular formula is C36H67N13O10. The molecule has 0 saturated carbocycles. The van der Waals surface area contributed by atoms with Gasteiger partial charge in [0.05, 0.1) is 12.6 Å². The fraction of sp³-hybridized carbons (Fsp3) is 0.750. The maximum Gasteiger partial charge on any atom is 0.245 e. The fourth-order valence-electron chi connectivity index (χ4n) is 5.94. The molecule has 0 aromatic heterocycles. The van der Waals surface area contributed by atoms with E-state index in [0.29, 0.717) is 6.42 Å². The minimum Gasteiger partial charge on any atom is -0.391 e. The van der Waals surface area contributed by atoms with Crippen LogP contribution in [0.1, 0.15) is 79.1 Å². The van der Waals surface area contributed by atoms with Crippen LogP contribution in [0.25, 0.3) is 0 Å². The Kier molecular flexibility index (Phi) is 24.4. The number of amides is 9. The van der Waals surface area contributed by atoms with E-state index in [4.69, 9.17) is 22.9 Å². The summed E-state index contributed by atoms with van der Waals surface area (Å²) in [4.78, 5) is 120. The van der Waals surface area contributed by atoms with Crippen LogP contribution < -0.4 is 70.8 Å². The summed E-state index contributed by atoms with van der Waals surface area (Å²) in [6, 6.07) is -9.25. The number of hydrogen-bond donors (Lipinski definition) is 14. The Balaban J connectivity index is 3.66. The number of aliphatic hydroxyl groups excluding tert-OH is 1. The van der Waals surface area contributed by atoms with Crippen molar-refractivity contribution in [3.8, 4) is 0 Å². The van der Waals surface area contributed by atoms with Crippen molar-refractivity contribution in [2.45, 2.75) is 127 Å². The Morgan fingerprint density at radius 3 is 1.73 bits per heavy atom. The lowest BCUT2D eigenvalue weighted by Crippen LogP contribution is -2.60. The Morgan fingerprint density at radius 2 is 1.22 bits per heavy atom. The summed E-state index contributed by atoms with van der Waals surface area (Å²) < 4.78 is 0. The summed E-state index contributed by atoms with van der Waals surface area (Å²) in [6.07, 6.45) is -1.30. The lowest BCUT2D eigenvalue weighted by atomic mass is 10.0. The summed E-state index contributed by atoms with van der Waals surface area (Å²) in [5.41, 5.74) is 22.9. The van der Waals surface area contributed by atoms with Crippen molar-refractivity contribution < 1.29 is 48.3 Å². The normalized spacial score (nSPS) is 24.5. The summed E-state index contributed by atoms with van der Waals surface area (Å²) in [5.74, 6) is -7.19. The molecule has 0 aliphatic carbocycles. The highest BCUT2D eigenvalue weighted by Crippen LogP contribution is 2.08. The third-order valence-corrected chi connectivity index (χ3v) is 9.06. The van der Waals surface area contributed by atoms with Crippen LogP contribution in [0.4, 0.5) is 0 Å². The van der Waals surface area contributed by atoms with E-state index in [1.807, 2.05) is 0 Å². The molecule has 0 spiro atoms. The zero-order valence-corrected chi connectivity index (χ0v) is 34.5. The van der Waals surface area contributed by atoms with Crippen LogP contribution in [-0.4, -0.2) is 146 Å². The van der Waals surface area contributed by atoms with E-state index in [1.165, 1.54) is 6.92 Å². The van der Waals surface area contributed by atoms with Crippen molar-refractivity contribution in [2.75, 3.05) is 39.3 Å². The third kappa shape index (κ3) is 19.1. The molecule has 18 N–H and O–H groups in total. The Morgan fingerprint density at radius 1 is 0.695 bits per heavy atom. The Labute approximate surface area is 344 Å². The number of nitrogens with one attached hydrogen (secondary N) is 9. The largest absolute Gasteiger partial charge is 0.391 e. The molecule has 8 atom stereocenters. The van der Waals surface area contributed by atoms with E-state index in [2.05, 4.69) is 47.9 Å². The molecule has 1 fully saturated rings. The SMILES string of the molecule is CCCC(=O)NC(CCN)C(=O)N[C@H]1CCNC(=O)[C@H]([C@@H](C)O)NC(=O)[C@H](CCN)NC(=O)[C@H](CCN)NC(=O)[C@H](CC(C)C)NC(=O)CNC(=O)[C@H](CCN)NC1=O. The topological polar surface area (TPSA) is 386 Å². The molecule has 23 heteroatoms. The van der Waals surface area contributed by atoms with Gasteiger partial charge in [0, 0.05) is 13.0 Å². The number of aliphatic hydroxyl groups is 1. The van der Waals surface area contributed by atoms with Gasteiger partial charge in [0.25, 0.3) is 0 Å². The lowest BCUT2D eigenvalue weighted by Gasteiger charge is -2.27. The van der Waals surface area contributed by atoms with Crippen molar-refractivity contribution in [3.05, 3.63) is 0 Å². The van der Waals surface area contributed by atoms with Gasteiger partial charge in [0.15, 0.2) is 0 Å². The van der Waals surface area contributed by atoms with Crippen molar-refractivity contribution in [3.63, 3.8) is 0 Å². The van der Waals surface area contributed by atoms with Crippen LogP contribution in [0.3, 0.4) is 0 Å². The van der Waals surface area contributed by atoms with E-state index in [0.717, 1.165) is 0 Å². The van der Waals surface area contributed by atoms with E-state index in [-0.39, 0.29) is 83.6 Å². The summed E-state index contributed by atoms with van der Waals surface area (Å²) >= 11 is 0. The summed E-state index contributed by atoms with van der Waals surface area (Å²) in [7, 11) is 0. The van der Waals surface area contributed by atoms with Gasteiger partial charge in [-0.25, -0.2) is 0 Å². The maximum absolute atomic E-state index is 13.8. The van der Waals surface area contributed by atoms with Crippen LogP contribution in [-0.2, 0) is 43.2 Å². The van der Waals surface area contributed by atoms with Crippen LogP contribution in [0, 0.1) is 5.92 Å². The quantitative estimate of drug-likeness (QED) is 0.0688. The summed E-state index contributed by atoms with van der Waals surface area (Å²) in [6.45, 7) is 5.41. The molecule has 1 unspecified atom stereocenters. The van der Waals surface area contributed by atoms with E-state index in [1.54, 1.807) is 20.8 Å². The fourth-order valence-corrected chi connectivity index (χ4v) is 5.94. The van der Waals surface area contributed by atoms with Crippen LogP contribution >= 0.6 is 0 Å². The van der Waals surface area contributed by atoms with Gasteiger partial charge in [0.2, 0.25) is 53.2 Å². The monoisotopic (exact) mass is 842 g/mol. The molecule has 0 aromatic rings. The molecule has 0 radical (unpaired) electrons. The van der Waals surface area contributed by atoms with Crippen LogP contribution in [0.2, 0.25) is 0 Å². The van der Waals surface area contributed by atoms with E-state index >= 15 is 0 Å².